The van der Waals surface area contributed by atoms with E-state index in [-0.39, 0.29) is 5.56 Å². The van der Waals surface area contributed by atoms with Gasteiger partial charge in [-0.1, -0.05) is 19.1 Å². The van der Waals surface area contributed by atoms with Crippen LogP contribution in [0.15, 0.2) is 36.4 Å². The Hall–Kier alpha value is -1.90. The Morgan fingerprint density at radius 2 is 1.71 bits per heavy atom. The van der Waals surface area contributed by atoms with Crippen LogP contribution in [-0.2, 0) is 6.42 Å². The van der Waals surface area contributed by atoms with Gasteiger partial charge in [-0.3, -0.25) is 0 Å². The van der Waals surface area contributed by atoms with Crippen molar-refractivity contribution in [2.75, 3.05) is 5.73 Å². The molecule has 3 heteroatoms. The first-order valence-corrected chi connectivity index (χ1v) is 5.46. The molecule has 0 saturated carbocycles. The highest BCUT2D eigenvalue weighted by Crippen LogP contribution is 2.28. The number of hydrogen-bond acceptors (Lipinski definition) is 1. The Morgan fingerprint density at radius 3 is 2.29 bits per heavy atom. The van der Waals surface area contributed by atoms with Gasteiger partial charge in [-0.15, -0.1) is 0 Å². The lowest BCUT2D eigenvalue weighted by atomic mass is 10.00. The molecule has 0 heterocycles. The zero-order chi connectivity index (χ0) is 12.4. The summed E-state index contributed by atoms with van der Waals surface area (Å²) < 4.78 is 27.2. The maximum Gasteiger partial charge on any atom is 0.133 e. The maximum absolute atomic E-state index is 13.6. The lowest BCUT2D eigenvalue weighted by Crippen LogP contribution is -1.95. The molecule has 0 aliphatic carbocycles. The van der Waals surface area contributed by atoms with E-state index in [4.69, 9.17) is 5.73 Å². The average molecular weight is 233 g/mol. The zero-order valence-corrected chi connectivity index (χ0v) is 9.50. The number of nitrogens with two attached hydrogens (primary N) is 1. The molecule has 2 rings (SSSR count). The van der Waals surface area contributed by atoms with E-state index >= 15 is 0 Å². The van der Waals surface area contributed by atoms with Gasteiger partial charge in [0.2, 0.25) is 0 Å². The van der Waals surface area contributed by atoms with Gasteiger partial charge in [0.25, 0.3) is 0 Å². The fourth-order valence-corrected chi connectivity index (χ4v) is 1.84. The minimum Gasteiger partial charge on any atom is -0.399 e. The zero-order valence-electron chi connectivity index (χ0n) is 9.50. The van der Waals surface area contributed by atoms with Crippen LogP contribution in [0, 0.1) is 11.6 Å². The van der Waals surface area contributed by atoms with Crippen LogP contribution in [0.4, 0.5) is 14.5 Å². The van der Waals surface area contributed by atoms with Gasteiger partial charge in [0.05, 0.1) is 5.56 Å². The van der Waals surface area contributed by atoms with Crippen LogP contribution in [0.2, 0.25) is 0 Å². The topological polar surface area (TPSA) is 26.0 Å². The molecule has 0 aliphatic heterocycles. The normalized spacial score (nSPS) is 10.5. The summed E-state index contributed by atoms with van der Waals surface area (Å²) in [6.45, 7) is 1.95. The van der Waals surface area contributed by atoms with E-state index in [1.54, 1.807) is 18.2 Å². The van der Waals surface area contributed by atoms with Crippen molar-refractivity contribution in [2.45, 2.75) is 13.3 Å². The van der Waals surface area contributed by atoms with E-state index in [1.165, 1.54) is 18.2 Å². The lowest BCUT2D eigenvalue weighted by Gasteiger charge is -2.09. The van der Waals surface area contributed by atoms with Gasteiger partial charge >= 0.3 is 0 Å². The predicted molar refractivity (Wildman–Crippen MR) is 65.6 cm³/mol. The molecular formula is C14H13F2N. The Bertz CT molecular complexity index is 530. The molecule has 2 aromatic rings. The van der Waals surface area contributed by atoms with Gasteiger partial charge < -0.3 is 5.73 Å². The smallest absolute Gasteiger partial charge is 0.133 e. The Morgan fingerprint density at radius 1 is 1.06 bits per heavy atom. The molecule has 0 aliphatic rings. The van der Waals surface area contributed by atoms with Gasteiger partial charge in [-0.05, 0) is 41.8 Å². The molecule has 0 amide bonds. The molecule has 0 spiro atoms. The van der Waals surface area contributed by atoms with Gasteiger partial charge in [0.1, 0.15) is 11.6 Å². The third-order valence-corrected chi connectivity index (χ3v) is 2.78. The Balaban J connectivity index is 2.61. The van der Waals surface area contributed by atoms with Crippen LogP contribution >= 0.6 is 0 Å². The van der Waals surface area contributed by atoms with Crippen molar-refractivity contribution in [3.8, 4) is 11.1 Å². The SMILES string of the molecule is CCc1cc(-c2c(F)cccc2F)ccc1N. The molecule has 0 radical (unpaired) electrons. The summed E-state index contributed by atoms with van der Waals surface area (Å²) in [6, 6.07) is 8.90. The molecule has 0 unspecified atom stereocenters. The molecule has 0 aromatic heterocycles. The second-order valence-electron chi connectivity index (χ2n) is 3.86. The number of halogens is 2. The molecule has 2 aromatic carbocycles. The van der Waals surface area contributed by atoms with Crippen molar-refractivity contribution in [1.29, 1.82) is 0 Å². The summed E-state index contributed by atoms with van der Waals surface area (Å²) >= 11 is 0. The molecule has 17 heavy (non-hydrogen) atoms. The largest absolute Gasteiger partial charge is 0.399 e. The van der Waals surface area contributed by atoms with Gasteiger partial charge in [0, 0.05) is 5.69 Å². The fourth-order valence-electron chi connectivity index (χ4n) is 1.84. The third kappa shape index (κ3) is 2.13. The van der Waals surface area contributed by atoms with Crippen LogP contribution in [-0.4, -0.2) is 0 Å². The van der Waals surface area contributed by atoms with E-state index in [1.807, 2.05) is 6.92 Å². The quantitative estimate of drug-likeness (QED) is 0.785. The van der Waals surface area contributed by atoms with E-state index in [0.29, 0.717) is 11.3 Å². The molecule has 1 nitrogen and oxygen atoms in total. The first-order valence-electron chi connectivity index (χ1n) is 5.46. The van der Waals surface area contributed by atoms with Crippen LogP contribution in [0.3, 0.4) is 0 Å². The van der Waals surface area contributed by atoms with Crippen LogP contribution in [0.5, 0.6) is 0 Å². The van der Waals surface area contributed by atoms with Crippen LogP contribution in [0.1, 0.15) is 12.5 Å². The Labute approximate surface area is 98.9 Å². The minimum absolute atomic E-state index is 0.00204. The number of aryl methyl sites for hydroxylation is 1. The molecule has 0 fully saturated rings. The number of anilines is 1. The monoisotopic (exact) mass is 233 g/mol. The fraction of sp³-hybridized carbons (Fsp3) is 0.143. The van der Waals surface area contributed by atoms with E-state index < -0.39 is 11.6 Å². The molecule has 88 valence electrons. The number of benzene rings is 2. The maximum atomic E-state index is 13.6. The summed E-state index contributed by atoms with van der Waals surface area (Å²) in [5.74, 6) is -1.12. The van der Waals surface area contributed by atoms with Gasteiger partial charge in [-0.2, -0.15) is 0 Å². The molecule has 0 atom stereocenters. The van der Waals surface area contributed by atoms with E-state index in [0.717, 1.165) is 12.0 Å². The predicted octanol–water partition coefficient (Wildman–Crippen LogP) is 3.78. The molecule has 2 N–H and O–H groups in total. The summed E-state index contributed by atoms with van der Waals surface area (Å²) in [7, 11) is 0. The third-order valence-electron chi connectivity index (χ3n) is 2.78. The highest BCUT2D eigenvalue weighted by Gasteiger charge is 2.11. The van der Waals surface area contributed by atoms with Crippen molar-refractivity contribution in [3.63, 3.8) is 0 Å². The highest BCUT2D eigenvalue weighted by atomic mass is 19.1. The Kier molecular flexibility index (Phi) is 3.09. The number of rotatable bonds is 2. The molecule has 0 bridgehead atoms. The summed E-state index contributed by atoms with van der Waals surface area (Å²) in [5.41, 5.74) is 7.83. The first kappa shape index (κ1) is 11.6. The second-order valence-corrected chi connectivity index (χ2v) is 3.86. The van der Waals surface area contributed by atoms with Crippen LogP contribution in [0.25, 0.3) is 11.1 Å². The van der Waals surface area contributed by atoms with E-state index in [2.05, 4.69) is 0 Å². The van der Waals surface area contributed by atoms with Gasteiger partial charge in [-0.25, -0.2) is 8.78 Å². The molecular weight excluding hydrogens is 220 g/mol. The minimum atomic E-state index is -0.558. The summed E-state index contributed by atoms with van der Waals surface area (Å²) in [5, 5.41) is 0. The summed E-state index contributed by atoms with van der Waals surface area (Å²) in [4.78, 5) is 0. The first-order chi connectivity index (χ1) is 8.13. The van der Waals surface area contributed by atoms with Gasteiger partial charge in [0.15, 0.2) is 0 Å². The standard InChI is InChI=1S/C14H13F2N/c1-2-9-8-10(6-7-13(9)17)14-11(15)4-3-5-12(14)16/h3-8H,2,17H2,1H3. The van der Waals surface area contributed by atoms with E-state index in [9.17, 15) is 8.78 Å². The van der Waals surface area contributed by atoms with Crippen molar-refractivity contribution < 1.29 is 8.78 Å². The van der Waals surface area contributed by atoms with Crippen molar-refractivity contribution >= 4 is 5.69 Å². The number of nitrogen functional groups attached to an aromatic ring is 1. The second kappa shape index (κ2) is 4.53. The lowest BCUT2D eigenvalue weighted by molar-refractivity contribution is 0.589. The average Bonchev–Trinajstić information content (AvgIpc) is 2.31. The van der Waals surface area contributed by atoms with Crippen LogP contribution < -0.4 is 5.73 Å². The van der Waals surface area contributed by atoms with Crippen molar-refractivity contribution in [2.24, 2.45) is 0 Å². The molecule has 0 saturated heterocycles. The summed E-state index contributed by atoms with van der Waals surface area (Å²) in [6.07, 6.45) is 0.732. The van der Waals surface area contributed by atoms with Crippen molar-refractivity contribution in [3.05, 3.63) is 53.6 Å². The number of hydrogen-bond donors (Lipinski definition) is 1. The highest BCUT2D eigenvalue weighted by molar-refractivity contribution is 5.68. The van der Waals surface area contributed by atoms with Crippen molar-refractivity contribution in [1.82, 2.24) is 0 Å².